The molecule has 0 aliphatic carbocycles. The van der Waals surface area contributed by atoms with Crippen molar-refractivity contribution in [3.8, 4) is 0 Å². The van der Waals surface area contributed by atoms with Gasteiger partial charge in [0.2, 0.25) is 11.8 Å². The van der Waals surface area contributed by atoms with E-state index in [4.69, 9.17) is 34.8 Å². The van der Waals surface area contributed by atoms with Gasteiger partial charge in [-0.3, -0.25) is 9.59 Å². The predicted molar refractivity (Wildman–Crippen MR) is 143 cm³/mol. The molecule has 2 aromatic rings. The molecule has 0 saturated carbocycles. The van der Waals surface area contributed by atoms with Crippen molar-refractivity contribution in [2.24, 2.45) is 5.92 Å². The maximum absolute atomic E-state index is 13.1. The minimum absolute atomic E-state index is 0. The van der Waals surface area contributed by atoms with E-state index in [1.165, 1.54) is 4.90 Å². The van der Waals surface area contributed by atoms with Gasteiger partial charge in [0.05, 0.1) is 23.1 Å². The first-order chi connectivity index (χ1) is 15.1. The van der Waals surface area contributed by atoms with E-state index < -0.39 is 0 Å². The van der Waals surface area contributed by atoms with Crippen LogP contribution in [0.15, 0.2) is 36.4 Å². The molecular formula is C24H31Cl4N3O2. The molecule has 2 amide bonds. The monoisotopic (exact) mass is 533 g/mol. The maximum Gasteiger partial charge on any atom is 0.246 e. The zero-order chi connectivity index (χ0) is 23.8. The molecule has 0 unspecified atom stereocenters. The van der Waals surface area contributed by atoms with Crippen LogP contribution in [0, 0.1) is 12.8 Å². The van der Waals surface area contributed by atoms with Crippen LogP contribution in [0.3, 0.4) is 0 Å². The van der Waals surface area contributed by atoms with Crippen LogP contribution in [0.4, 0.5) is 11.4 Å². The first kappa shape index (κ1) is 29.4. The lowest BCUT2D eigenvalue weighted by Gasteiger charge is -2.28. The fourth-order valence-electron chi connectivity index (χ4n) is 3.27. The van der Waals surface area contributed by atoms with Crippen LogP contribution >= 0.6 is 47.2 Å². The van der Waals surface area contributed by atoms with Crippen molar-refractivity contribution in [1.82, 2.24) is 5.32 Å². The van der Waals surface area contributed by atoms with Crippen molar-refractivity contribution < 1.29 is 9.59 Å². The third-order valence-electron chi connectivity index (χ3n) is 5.11. The average molecular weight is 535 g/mol. The number of nitrogens with zero attached hydrogens (tertiary/aromatic N) is 2. The third kappa shape index (κ3) is 9.24. The number of rotatable bonds is 10. The summed E-state index contributed by atoms with van der Waals surface area (Å²) >= 11 is 18.2. The van der Waals surface area contributed by atoms with E-state index in [0.717, 1.165) is 24.1 Å². The number of likely N-dealkylation sites (N-methyl/N-ethyl adjacent to an activating group) is 1. The lowest BCUT2D eigenvalue weighted by Crippen LogP contribution is -2.44. The van der Waals surface area contributed by atoms with Crippen molar-refractivity contribution in [3.05, 3.63) is 57.0 Å². The quantitative estimate of drug-likeness (QED) is 0.359. The second-order valence-electron chi connectivity index (χ2n) is 8.22. The Morgan fingerprint density at radius 2 is 1.70 bits per heavy atom. The summed E-state index contributed by atoms with van der Waals surface area (Å²) in [5, 5.41) is 4.34. The Morgan fingerprint density at radius 3 is 2.30 bits per heavy atom. The van der Waals surface area contributed by atoms with Crippen molar-refractivity contribution in [2.45, 2.75) is 33.6 Å². The number of nitrogens with one attached hydrogen (secondary N) is 1. The van der Waals surface area contributed by atoms with Crippen LogP contribution < -0.4 is 15.1 Å². The fraction of sp³-hybridized carbons (Fsp3) is 0.417. The number of aryl methyl sites for hydroxylation is 1. The van der Waals surface area contributed by atoms with E-state index in [9.17, 15) is 9.59 Å². The summed E-state index contributed by atoms with van der Waals surface area (Å²) in [6, 6.07) is 10.4. The van der Waals surface area contributed by atoms with Gasteiger partial charge in [-0.05, 0) is 67.6 Å². The van der Waals surface area contributed by atoms with Crippen LogP contribution in [0.5, 0.6) is 0 Å². The normalized spacial score (nSPS) is 10.5. The second-order valence-corrected chi connectivity index (χ2v) is 9.47. The van der Waals surface area contributed by atoms with Gasteiger partial charge in [-0.25, -0.2) is 0 Å². The molecule has 182 valence electrons. The Hall–Kier alpha value is -1.66. The maximum atomic E-state index is 13.1. The van der Waals surface area contributed by atoms with E-state index in [1.54, 1.807) is 36.2 Å². The first-order valence-electron chi connectivity index (χ1n) is 10.6. The van der Waals surface area contributed by atoms with Gasteiger partial charge in [-0.1, -0.05) is 48.7 Å². The van der Waals surface area contributed by atoms with Gasteiger partial charge in [0.25, 0.3) is 0 Å². The number of carbonyl (C=O) groups excluding carboxylic acids is 2. The van der Waals surface area contributed by atoms with Crippen molar-refractivity contribution in [1.29, 1.82) is 0 Å². The van der Waals surface area contributed by atoms with Crippen LogP contribution in [0.1, 0.15) is 32.3 Å². The SMILES string of the molecule is Cc1cc(Cl)ccc1N(CC(=O)NCCCC(C)C)CC(=O)N(C)c1ccc(Cl)c(Cl)c1.Cl. The molecule has 0 heterocycles. The van der Waals surface area contributed by atoms with Gasteiger partial charge in [0.15, 0.2) is 0 Å². The van der Waals surface area contributed by atoms with Gasteiger partial charge in [-0.2, -0.15) is 0 Å². The molecule has 0 aliphatic rings. The molecule has 33 heavy (non-hydrogen) atoms. The second kappa shape index (κ2) is 13.9. The standard InChI is InChI=1S/C24H30Cl3N3O2.ClH/c1-16(2)6-5-11-28-23(31)14-30(22-10-7-18(25)12-17(22)3)15-24(32)29(4)19-8-9-20(26)21(27)13-19;/h7-10,12-13,16H,5-6,11,14-15H2,1-4H3,(H,28,31);1H. The molecule has 0 fully saturated rings. The summed E-state index contributed by atoms with van der Waals surface area (Å²) < 4.78 is 0. The van der Waals surface area contributed by atoms with Gasteiger partial charge >= 0.3 is 0 Å². The van der Waals surface area contributed by atoms with Crippen molar-refractivity contribution >= 4 is 70.4 Å². The number of anilines is 2. The molecule has 2 rings (SSSR count). The highest BCUT2D eigenvalue weighted by Gasteiger charge is 2.20. The summed E-state index contributed by atoms with van der Waals surface area (Å²) in [5.41, 5.74) is 2.29. The predicted octanol–water partition coefficient (Wildman–Crippen LogP) is 6.40. The molecule has 2 aromatic carbocycles. The number of carbonyl (C=O) groups is 2. The minimum atomic E-state index is -0.189. The number of hydrogen-bond donors (Lipinski definition) is 1. The van der Waals surface area contributed by atoms with E-state index in [-0.39, 0.29) is 37.3 Å². The Bertz CT molecular complexity index is 953. The van der Waals surface area contributed by atoms with Crippen molar-refractivity contribution in [2.75, 3.05) is 36.5 Å². The number of halogens is 4. The highest BCUT2D eigenvalue weighted by Crippen LogP contribution is 2.28. The lowest BCUT2D eigenvalue weighted by molar-refractivity contribution is -0.119. The van der Waals surface area contributed by atoms with Gasteiger partial charge in [0.1, 0.15) is 0 Å². The number of amides is 2. The summed E-state index contributed by atoms with van der Waals surface area (Å²) in [7, 11) is 1.67. The minimum Gasteiger partial charge on any atom is -0.355 e. The lowest BCUT2D eigenvalue weighted by atomic mass is 10.1. The third-order valence-corrected chi connectivity index (χ3v) is 6.08. The molecule has 0 aliphatic heterocycles. The summed E-state index contributed by atoms with van der Waals surface area (Å²) in [5.74, 6) is 0.271. The smallest absolute Gasteiger partial charge is 0.246 e. The van der Waals surface area contributed by atoms with E-state index in [0.29, 0.717) is 33.2 Å². The van der Waals surface area contributed by atoms with Crippen LogP contribution in [-0.4, -0.2) is 38.5 Å². The van der Waals surface area contributed by atoms with Crippen molar-refractivity contribution in [3.63, 3.8) is 0 Å². The van der Waals surface area contributed by atoms with Crippen LogP contribution in [-0.2, 0) is 9.59 Å². The van der Waals surface area contributed by atoms with Crippen LogP contribution in [0.2, 0.25) is 15.1 Å². The molecule has 0 atom stereocenters. The Labute approximate surface area is 217 Å². The van der Waals surface area contributed by atoms with Gasteiger partial charge in [0, 0.05) is 30.0 Å². The molecule has 1 N–H and O–H groups in total. The van der Waals surface area contributed by atoms with E-state index in [1.807, 2.05) is 19.1 Å². The molecule has 0 saturated heterocycles. The summed E-state index contributed by atoms with van der Waals surface area (Å²) in [6.07, 6.45) is 1.97. The summed E-state index contributed by atoms with van der Waals surface area (Å²) in [4.78, 5) is 29.0. The molecule has 0 bridgehead atoms. The molecule has 0 spiro atoms. The van der Waals surface area contributed by atoms with Crippen LogP contribution in [0.25, 0.3) is 0 Å². The Balaban J connectivity index is 0.00000544. The van der Waals surface area contributed by atoms with E-state index >= 15 is 0 Å². The Morgan fingerprint density at radius 1 is 1.00 bits per heavy atom. The molecular weight excluding hydrogens is 504 g/mol. The number of hydrogen-bond acceptors (Lipinski definition) is 3. The number of benzene rings is 2. The zero-order valence-corrected chi connectivity index (χ0v) is 22.4. The largest absolute Gasteiger partial charge is 0.355 e. The highest BCUT2D eigenvalue weighted by atomic mass is 35.5. The topological polar surface area (TPSA) is 52.7 Å². The summed E-state index contributed by atoms with van der Waals surface area (Å²) in [6.45, 7) is 6.90. The molecule has 0 aromatic heterocycles. The fourth-order valence-corrected chi connectivity index (χ4v) is 3.79. The first-order valence-corrected chi connectivity index (χ1v) is 11.7. The molecule has 9 heteroatoms. The van der Waals surface area contributed by atoms with Gasteiger partial charge in [-0.15, -0.1) is 12.4 Å². The molecule has 0 radical (unpaired) electrons. The van der Waals surface area contributed by atoms with Gasteiger partial charge < -0.3 is 15.1 Å². The Kier molecular flexibility index (Phi) is 12.4. The average Bonchev–Trinajstić information content (AvgIpc) is 2.72. The van der Waals surface area contributed by atoms with E-state index in [2.05, 4.69) is 19.2 Å². The molecule has 5 nitrogen and oxygen atoms in total. The highest BCUT2D eigenvalue weighted by molar-refractivity contribution is 6.42. The zero-order valence-electron chi connectivity index (χ0n) is 19.3.